The summed E-state index contributed by atoms with van der Waals surface area (Å²) >= 11 is 17.8. The van der Waals surface area contributed by atoms with E-state index >= 15 is 0 Å². The number of alkyl halides is 4. The molecule has 3 unspecified atom stereocenters. The van der Waals surface area contributed by atoms with Gasteiger partial charge in [-0.1, -0.05) is 70.7 Å². The fraction of sp³-hybridized carbons (Fsp3) is 0.308. The molecule has 3 atom stereocenters. The lowest BCUT2D eigenvalue weighted by atomic mass is 9.95. The highest BCUT2D eigenvalue weighted by molar-refractivity contribution is 6.31. The van der Waals surface area contributed by atoms with Crippen molar-refractivity contribution in [1.29, 1.82) is 0 Å². The van der Waals surface area contributed by atoms with E-state index in [0.717, 1.165) is 239 Å². The van der Waals surface area contributed by atoms with E-state index in [9.17, 15) is 31.4 Å². The number of nitrogens with zero attached hydrogens (tertiary/aromatic N) is 20. The summed E-state index contributed by atoms with van der Waals surface area (Å²) in [6.07, 6.45) is 26.5. The first kappa shape index (κ1) is 93.9. The normalized spacial score (nSPS) is 17.4. The van der Waals surface area contributed by atoms with Crippen LogP contribution in [0, 0.1) is 25.5 Å². The van der Waals surface area contributed by atoms with Crippen molar-refractivity contribution >= 4 is 112 Å². The Kier molecular flexibility index (Phi) is 28.6. The monoisotopic (exact) mass is 1930 g/mol. The minimum Gasteiger partial charge on any atom is -0.391 e. The highest BCUT2D eigenvalue weighted by Gasteiger charge is 2.42. The van der Waals surface area contributed by atoms with Crippen LogP contribution in [0.5, 0.6) is 0 Å². The lowest BCUT2D eigenvalue weighted by Gasteiger charge is -2.20. The number of hydrogen-bond donors (Lipinski definition) is 1. The van der Waals surface area contributed by atoms with E-state index in [1.54, 1.807) is 124 Å². The maximum atomic E-state index is 14.4. The molecule has 138 heavy (non-hydrogen) atoms. The molecule has 5 aliphatic heterocycles. The van der Waals surface area contributed by atoms with Gasteiger partial charge in [0, 0.05) is 200 Å². The lowest BCUT2D eigenvalue weighted by molar-refractivity contribution is 0.00766. The van der Waals surface area contributed by atoms with Crippen molar-refractivity contribution in [3.05, 3.63) is 310 Å². The molecule has 0 amide bonds. The summed E-state index contributed by atoms with van der Waals surface area (Å²) in [6.45, 7) is 11.7. The number of aryl methyl sites for hydroxylation is 2. The third-order valence-corrected chi connectivity index (χ3v) is 26.8. The molecule has 25 nitrogen and oxygen atoms in total. The average Bonchev–Trinajstić information content (AvgIpc) is 1.64. The number of hydrogen-bond acceptors (Lipinski definition) is 19. The topological polar surface area (TPSA) is 248 Å². The zero-order chi connectivity index (χ0) is 95.1. The number of halogens is 9. The molecule has 5 saturated heterocycles. The SMILES string of the molecule is COC1CCN(c2nn(-c3ccc(C)cc3)c3cnccc23)C1.Cc1ccc(-n2nc(C3CCOCC3)c3ccncc32)c(F)c1.FC(F)c1ccc(-n2nc(C3CCOCC3)c3ccncc32)cc1.FC1(F)CCC(c2nn(-c3ccc(Cl)cc3)c3cnccc23)C1.Fc1cc(Cl)ccc1-n1nc(C2CCOCC2)c2ccncc21.OC1CCN(c2nn(-c3ccc(Cl)cc3)c3cnccc23)C1. The molecular weight excluding hydrogens is 1830 g/mol. The second kappa shape index (κ2) is 42.1. The van der Waals surface area contributed by atoms with Crippen molar-refractivity contribution in [1.82, 2.24) is 88.6 Å². The molecule has 17 heterocycles. The van der Waals surface area contributed by atoms with Crippen LogP contribution < -0.4 is 9.80 Å². The van der Waals surface area contributed by atoms with Crippen LogP contribution in [-0.2, 0) is 18.9 Å². The summed E-state index contributed by atoms with van der Waals surface area (Å²) in [5, 5.41) is 46.2. The van der Waals surface area contributed by atoms with Gasteiger partial charge in [-0.15, -0.1) is 10.2 Å². The molecule has 24 rings (SSSR count). The maximum Gasteiger partial charge on any atom is 0.263 e. The third-order valence-electron chi connectivity index (χ3n) is 26.1. The van der Waals surface area contributed by atoms with Gasteiger partial charge in [-0.2, -0.15) is 20.4 Å². The highest BCUT2D eigenvalue weighted by Crippen LogP contribution is 2.47. The van der Waals surface area contributed by atoms with Crippen molar-refractivity contribution < 1.29 is 50.4 Å². The van der Waals surface area contributed by atoms with Crippen LogP contribution in [0.15, 0.2) is 244 Å². The second-order valence-corrected chi connectivity index (χ2v) is 36.5. The fourth-order valence-corrected chi connectivity index (χ4v) is 19.3. The predicted octanol–water partition coefficient (Wildman–Crippen LogP) is 22.7. The van der Waals surface area contributed by atoms with E-state index in [1.165, 1.54) is 29.8 Å². The van der Waals surface area contributed by atoms with Crippen molar-refractivity contribution in [2.24, 2.45) is 0 Å². The Bertz CT molecular complexity index is 7130. The van der Waals surface area contributed by atoms with Crippen LogP contribution in [-0.4, -0.2) is 185 Å². The Morgan fingerprint density at radius 1 is 0.377 bits per heavy atom. The van der Waals surface area contributed by atoms with Crippen molar-refractivity contribution in [3.8, 4) is 34.1 Å². The molecule has 34 heteroatoms. The van der Waals surface area contributed by atoms with Crippen LogP contribution in [0.4, 0.5) is 38.0 Å². The molecule has 6 aliphatic rings. The zero-order valence-corrected chi connectivity index (χ0v) is 78.2. The molecule has 6 aromatic carbocycles. The van der Waals surface area contributed by atoms with Gasteiger partial charge in [-0.05, 0) is 217 Å². The first-order valence-corrected chi connectivity index (χ1v) is 47.3. The number of aromatic nitrogens is 18. The summed E-state index contributed by atoms with van der Waals surface area (Å²) in [5.74, 6) is -0.538. The predicted molar refractivity (Wildman–Crippen MR) is 523 cm³/mol. The number of β-amino-alcohol motifs (C(OH)–C–C–N with tert-alkyl or cyclic N) is 1. The number of ether oxygens (including phenoxy) is 4. The van der Waals surface area contributed by atoms with Crippen molar-refractivity contribution in [2.75, 3.05) is 82.7 Å². The molecular formula is C104H99Cl3F6N20O5. The quantitative estimate of drug-likeness (QED) is 0.0994. The molecule has 18 aromatic rings. The maximum absolute atomic E-state index is 14.4. The van der Waals surface area contributed by atoms with E-state index in [4.69, 9.17) is 79.2 Å². The minimum atomic E-state index is -2.59. The van der Waals surface area contributed by atoms with Gasteiger partial charge in [0.2, 0.25) is 5.92 Å². The van der Waals surface area contributed by atoms with Crippen LogP contribution in [0.25, 0.3) is 99.5 Å². The molecule has 1 N–H and O–H groups in total. The summed E-state index contributed by atoms with van der Waals surface area (Å²) in [5.41, 5.74) is 15.7. The second-order valence-electron chi connectivity index (χ2n) is 35.2. The van der Waals surface area contributed by atoms with E-state index in [0.29, 0.717) is 57.2 Å². The van der Waals surface area contributed by atoms with Crippen molar-refractivity contribution in [3.63, 3.8) is 0 Å². The third kappa shape index (κ3) is 20.6. The number of aliphatic hydroxyl groups excluding tert-OH is 1. The Balaban J connectivity index is 0.000000106. The molecule has 6 fully saturated rings. The summed E-state index contributed by atoms with van der Waals surface area (Å²) in [4.78, 5) is 29.6. The van der Waals surface area contributed by atoms with Crippen LogP contribution in [0.1, 0.15) is 140 Å². The van der Waals surface area contributed by atoms with E-state index in [2.05, 4.69) is 76.0 Å². The first-order chi connectivity index (χ1) is 67.2. The van der Waals surface area contributed by atoms with Gasteiger partial charge >= 0.3 is 0 Å². The number of methoxy groups -OCH3 is 1. The number of aliphatic hydroxyl groups is 1. The molecule has 0 bridgehead atoms. The van der Waals surface area contributed by atoms with E-state index in [-0.39, 0.29) is 42.3 Å². The minimum absolute atomic E-state index is 0.0120. The molecule has 12 aromatic heterocycles. The van der Waals surface area contributed by atoms with Gasteiger partial charge in [-0.3, -0.25) is 29.9 Å². The first-order valence-electron chi connectivity index (χ1n) is 46.2. The fourth-order valence-electron chi connectivity index (χ4n) is 18.9. The van der Waals surface area contributed by atoms with Gasteiger partial charge in [0.1, 0.15) is 23.0 Å². The van der Waals surface area contributed by atoms with Gasteiger partial charge < -0.3 is 33.9 Å². The molecule has 0 spiro atoms. The van der Waals surface area contributed by atoms with Crippen LogP contribution in [0.2, 0.25) is 15.1 Å². The Morgan fingerprint density at radius 2 is 0.717 bits per heavy atom. The molecule has 1 saturated carbocycles. The summed E-state index contributed by atoms with van der Waals surface area (Å²) in [6, 6.07) is 51.0. The van der Waals surface area contributed by atoms with E-state index in [1.807, 2.05) is 114 Å². The average molecular weight is 1930 g/mol. The zero-order valence-electron chi connectivity index (χ0n) is 75.9. The van der Waals surface area contributed by atoms with E-state index < -0.39 is 18.2 Å². The lowest BCUT2D eigenvalue weighted by Crippen LogP contribution is -2.22. The van der Waals surface area contributed by atoms with Crippen LogP contribution >= 0.6 is 34.8 Å². The smallest absolute Gasteiger partial charge is 0.263 e. The number of pyridine rings is 6. The van der Waals surface area contributed by atoms with Gasteiger partial charge in [-0.25, -0.2) is 54.4 Å². The van der Waals surface area contributed by atoms with Crippen LogP contribution in [0.3, 0.4) is 0 Å². The standard InChI is InChI=1S/C18H17F2N3O.C18H18FN3O.C18H20N4O.C17H14ClF2N3.C17H15ClFN3O.C16H15ClN4O/c19-18(20)13-1-3-14(4-2-13)23-16-11-21-8-5-15(16)17(22-23)12-6-9-24-10-7-12;1-12-2-3-16(15(19)10-12)22-17-11-20-7-4-14(17)18(21-22)13-5-8-23-9-6-13;1-13-3-5-14(6-4-13)22-17-11-19-9-7-16(17)18(20-22)21-10-8-15(12-21)23-2;18-12-1-3-13(4-2-12)23-15-10-21-8-6-14(15)16(22-23)11-5-7-17(19,20)9-11;18-12-1-2-15(14(19)9-12)22-16-10-20-6-3-13(16)17(21-22)11-4-7-23-8-5-11;17-11-1-3-12(4-2-11)21-15-9-18-7-5-14(15)16(19-21)20-8-6-13(22)10-20/h1-5,8,11-12,18H,6-7,9-10H2;2-4,7,10-11,13H,5-6,8-9H2,1H3;3-7,9,11,15H,8,10,12H2,1-2H3;1-4,6,8,10-11H,5,7,9H2;1-3,6,9-11H,4-5,7-8H2;1-5,7,9,13,22H,6,8,10H2. The number of anilines is 2. The molecule has 0 radical (unpaired) electrons. The number of fused-ring (bicyclic) bond motifs is 6. The van der Waals surface area contributed by atoms with Gasteiger partial charge in [0.25, 0.3) is 6.43 Å². The largest absolute Gasteiger partial charge is 0.391 e. The summed E-state index contributed by atoms with van der Waals surface area (Å²) in [7, 11) is 1.78. The van der Waals surface area contributed by atoms with Gasteiger partial charge in [0.05, 0.1) is 128 Å². The number of rotatable bonds is 14. The Morgan fingerprint density at radius 3 is 1.09 bits per heavy atom. The molecule has 1 aliphatic carbocycles. The summed E-state index contributed by atoms with van der Waals surface area (Å²) < 4.78 is 114. The number of benzene rings is 6. The van der Waals surface area contributed by atoms with Crippen molar-refractivity contribution in [2.45, 2.75) is 133 Å². The Labute approximate surface area is 805 Å². The Hall–Kier alpha value is -13.1. The highest BCUT2D eigenvalue weighted by atomic mass is 35.5. The van der Waals surface area contributed by atoms with Gasteiger partial charge in [0.15, 0.2) is 11.6 Å². The molecule has 708 valence electrons.